The highest BCUT2D eigenvalue weighted by molar-refractivity contribution is 6.30. The molecule has 0 bridgehead atoms. The maximum Gasteiger partial charge on any atom is 0.336 e. The quantitative estimate of drug-likeness (QED) is 0.271. The molecule has 0 aromatic heterocycles. The van der Waals surface area contributed by atoms with E-state index in [2.05, 4.69) is 5.32 Å². The summed E-state index contributed by atoms with van der Waals surface area (Å²) in [6.45, 7) is 0.391. The van der Waals surface area contributed by atoms with E-state index in [1.54, 1.807) is 24.3 Å². The third-order valence-corrected chi connectivity index (χ3v) is 6.06. The van der Waals surface area contributed by atoms with Crippen LogP contribution in [0.3, 0.4) is 0 Å². The van der Waals surface area contributed by atoms with Crippen molar-refractivity contribution in [1.82, 2.24) is 5.32 Å². The van der Waals surface area contributed by atoms with Gasteiger partial charge in [-0.15, -0.1) is 12.4 Å². The number of fused-ring (bicyclic) bond motifs is 1. The van der Waals surface area contributed by atoms with Crippen LogP contribution in [0.25, 0.3) is 0 Å². The van der Waals surface area contributed by atoms with E-state index in [0.29, 0.717) is 17.3 Å². The second kappa shape index (κ2) is 11.5. The molecule has 4 rings (SSSR count). The van der Waals surface area contributed by atoms with Crippen molar-refractivity contribution >= 4 is 35.7 Å². The van der Waals surface area contributed by atoms with Gasteiger partial charge in [0, 0.05) is 23.7 Å². The number of nitrogens with one attached hydrogen (secondary N) is 1. The summed E-state index contributed by atoms with van der Waals surface area (Å²) < 4.78 is 5.79. The first-order chi connectivity index (χ1) is 16.3. The summed E-state index contributed by atoms with van der Waals surface area (Å²) in [6.07, 6.45) is 1.83. The van der Waals surface area contributed by atoms with Crippen LogP contribution in [-0.4, -0.2) is 33.7 Å². The molecule has 0 aliphatic heterocycles. The lowest BCUT2D eigenvalue weighted by molar-refractivity contribution is -0.384. The monoisotopic (exact) mass is 518 g/mol. The number of carboxylic acids is 1. The average Bonchev–Trinajstić information content (AvgIpc) is 2.82. The van der Waals surface area contributed by atoms with Crippen molar-refractivity contribution in [3.8, 4) is 11.5 Å². The van der Waals surface area contributed by atoms with Gasteiger partial charge in [0.1, 0.15) is 11.5 Å². The molecule has 0 fully saturated rings. The number of nitrogens with zero attached hydrogens (tertiary/aromatic N) is 1. The fourth-order valence-corrected chi connectivity index (χ4v) is 4.29. The number of non-ortho nitro benzene ring substituents is 1. The number of aliphatic hydroxyl groups is 1. The summed E-state index contributed by atoms with van der Waals surface area (Å²) in [5.41, 5.74) is 2.44. The number of hydrogen-bond acceptors (Lipinski definition) is 6. The van der Waals surface area contributed by atoms with Gasteiger partial charge in [-0.2, -0.15) is 0 Å². The SMILES string of the molecule is Cl.O=C(O)c1cc(Oc2ccc3c(c2)C[C@@H](NC[C@H](O)c2cccc(Cl)c2)CC3)cc([N+](=O)[O-])c1. The summed E-state index contributed by atoms with van der Waals surface area (Å²) in [5, 5.41) is 34.9. The number of benzene rings is 3. The smallest absolute Gasteiger partial charge is 0.336 e. The van der Waals surface area contributed by atoms with Crippen LogP contribution in [0.1, 0.15) is 39.6 Å². The predicted octanol–water partition coefficient (Wildman–Crippen LogP) is 5.34. The number of aryl methyl sites for hydroxylation is 1. The number of halogens is 2. The first-order valence-electron chi connectivity index (χ1n) is 10.8. The van der Waals surface area contributed by atoms with Gasteiger partial charge in [0.15, 0.2) is 0 Å². The molecule has 1 aliphatic carbocycles. The zero-order chi connectivity index (χ0) is 24.2. The van der Waals surface area contributed by atoms with E-state index in [-0.39, 0.29) is 35.4 Å². The van der Waals surface area contributed by atoms with Gasteiger partial charge in [0.25, 0.3) is 5.69 Å². The van der Waals surface area contributed by atoms with Crippen molar-refractivity contribution in [3.63, 3.8) is 0 Å². The number of carbonyl (C=O) groups is 1. The molecule has 8 nitrogen and oxygen atoms in total. The highest BCUT2D eigenvalue weighted by Gasteiger charge is 2.21. The molecule has 1 aliphatic rings. The Morgan fingerprint density at radius 1 is 1.14 bits per heavy atom. The molecule has 10 heteroatoms. The number of carboxylic acid groups (broad SMARTS) is 1. The average molecular weight is 519 g/mol. The lowest BCUT2D eigenvalue weighted by Crippen LogP contribution is -2.37. The minimum Gasteiger partial charge on any atom is -0.478 e. The van der Waals surface area contributed by atoms with E-state index in [0.717, 1.165) is 36.5 Å². The number of ether oxygens (including phenoxy) is 1. The van der Waals surface area contributed by atoms with Gasteiger partial charge in [-0.3, -0.25) is 10.1 Å². The Morgan fingerprint density at radius 3 is 2.66 bits per heavy atom. The third-order valence-electron chi connectivity index (χ3n) is 5.82. The van der Waals surface area contributed by atoms with Gasteiger partial charge in [0.05, 0.1) is 22.7 Å². The molecule has 0 spiro atoms. The van der Waals surface area contributed by atoms with Crippen LogP contribution in [0, 0.1) is 10.1 Å². The lowest BCUT2D eigenvalue weighted by atomic mass is 9.88. The normalized spacial score (nSPS) is 15.4. The van der Waals surface area contributed by atoms with Gasteiger partial charge < -0.3 is 20.3 Å². The van der Waals surface area contributed by atoms with Crippen LogP contribution in [0.2, 0.25) is 5.02 Å². The van der Waals surface area contributed by atoms with Crippen molar-refractivity contribution in [2.45, 2.75) is 31.4 Å². The van der Waals surface area contributed by atoms with Crippen LogP contribution in [-0.2, 0) is 12.8 Å². The number of rotatable bonds is 8. The Bertz CT molecular complexity index is 1200. The fraction of sp³-hybridized carbons (Fsp3) is 0.240. The Labute approximate surface area is 213 Å². The van der Waals surface area contributed by atoms with Crippen molar-refractivity contribution in [1.29, 1.82) is 0 Å². The Kier molecular flexibility index (Phi) is 8.69. The molecule has 3 aromatic carbocycles. The highest BCUT2D eigenvalue weighted by Crippen LogP contribution is 2.31. The Balaban J connectivity index is 0.00000342. The van der Waals surface area contributed by atoms with E-state index in [9.17, 15) is 25.1 Å². The van der Waals surface area contributed by atoms with Gasteiger partial charge in [-0.05, 0) is 66.3 Å². The van der Waals surface area contributed by atoms with Crippen LogP contribution >= 0.6 is 24.0 Å². The maximum absolute atomic E-state index is 11.3. The summed E-state index contributed by atoms with van der Waals surface area (Å²) in [4.78, 5) is 21.8. The lowest BCUT2D eigenvalue weighted by Gasteiger charge is -2.27. The highest BCUT2D eigenvalue weighted by atomic mass is 35.5. The van der Waals surface area contributed by atoms with Crippen molar-refractivity contribution in [3.05, 3.63) is 98.1 Å². The summed E-state index contributed by atoms with van der Waals surface area (Å²) in [7, 11) is 0. The van der Waals surface area contributed by atoms with Gasteiger partial charge in [0.2, 0.25) is 0 Å². The van der Waals surface area contributed by atoms with Crippen LogP contribution < -0.4 is 10.1 Å². The Hall–Kier alpha value is -3.17. The molecule has 0 radical (unpaired) electrons. The van der Waals surface area contributed by atoms with Crippen LogP contribution in [0.15, 0.2) is 60.7 Å². The van der Waals surface area contributed by atoms with Gasteiger partial charge in [-0.1, -0.05) is 29.8 Å². The molecule has 35 heavy (non-hydrogen) atoms. The molecule has 2 atom stereocenters. The molecule has 3 aromatic rings. The molecule has 0 saturated heterocycles. The largest absolute Gasteiger partial charge is 0.478 e. The second-order valence-electron chi connectivity index (χ2n) is 8.23. The van der Waals surface area contributed by atoms with Gasteiger partial charge in [-0.25, -0.2) is 4.79 Å². The van der Waals surface area contributed by atoms with E-state index in [1.165, 1.54) is 17.7 Å². The first-order valence-corrected chi connectivity index (χ1v) is 11.2. The first kappa shape index (κ1) is 26.4. The molecule has 0 saturated carbocycles. The minimum absolute atomic E-state index is 0. The molecule has 3 N–H and O–H groups in total. The molecule has 184 valence electrons. The Morgan fingerprint density at radius 2 is 1.94 bits per heavy atom. The number of aromatic carboxylic acids is 1. The molecule has 0 amide bonds. The number of hydrogen-bond donors (Lipinski definition) is 3. The molecule has 0 heterocycles. The summed E-state index contributed by atoms with van der Waals surface area (Å²) in [6, 6.07) is 16.4. The third kappa shape index (κ3) is 6.70. The van der Waals surface area contributed by atoms with E-state index >= 15 is 0 Å². The number of nitro groups is 1. The summed E-state index contributed by atoms with van der Waals surface area (Å²) in [5.74, 6) is -0.718. The zero-order valence-corrected chi connectivity index (χ0v) is 20.1. The van der Waals surface area contributed by atoms with Crippen LogP contribution in [0.4, 0.5) is 5.69 Å². The van der Waals surface area contributed by atoms with Crippen molar-refractivity contribution in [2.75, 3.05) is 6.54 Å². The number of nitro benzene ring substituents is 1. The topological polar surface area (TPSA) is 122 Å². The maximum atomic E-state index is 11.3. The second-order valence-corrected chi connectivity index (χ2v) is 8.67. The number of aliphatic hydroxyl groups excluding tert-OH is 1. The van der Waals surface area contributed by atoms with E-state index < -0.39 is 17.0 Å². The predicted molar refractivity (Wildman–Crippen MR) is 134 cm³/mol. The van der Waals surface area contributed by atoms with Crippen LogP contribution in [0.5, 0.6) is 11.5 Å². The molecular formula is C25H24Cl2N2O6. The van der Waals surface area contributed by atoms with E-state index in [4.69, 9.17) is 16.3 Å². The minimum atomic E-state index is -1.27. The standard InChI is InChI=1S/C25H23ClN2O6.ClH/c26-19-3-1-2-16(8-19)24(29)14-27-20-6-4-15-5-7-22(11-17(15)9-20)34-23-12-18(25(30)31)10-21(13-23)28(32)33;/h1-3,5,7-8,10-13,20,24,27,29H,4,6,9,14H2,(H,30,31);1H/t20-,24-;/m0./s1. The van der Waals surface area contributed by atoms with Gasteiger partial charge >= 0.3 is 5.97 Å². The van der Waals surface area contributed by atoms with E-state index in [1.807, 2.05) is 18.2 Å². The molecular weight excluding hydrogens is 495 g/mol. The fourth-order valence-electron chi connectivity index (χ4n) is 4.09. The molecule has 0 unspecified atom stereocenters. The summed E-state index contributed by atoms with van der Waals surface area (Å²) >= 11 is 6.01. The van der Waals surface area contributed by atoms with Crippen molar-refractivity contribution in [2.24, 2.45) is 0 Å². The van der Waals surface area contributed by atoms with Crippen molar-refractivity contribution < 1.29 is 24.7 Å². The zero-order valence-electron chi connectivity index (χ0n) is 18.5.